The molecule has 1 heterocycles. The van der Waals surface area contributed by atoms with E-state index in [9.17, 15) is 9.90 Å². The van der Waals surface area contributed by atoms with Crippen LogP contribution in [-0.2, 0) is 0 Å². The predicted octanol–water partition coefficient (Wildman–Crippen LogP) is 3.21. The van der Waals surface area contributed by atoms with Gasteiger partial charge in [-0.15, -0.1) is 0 Å². The van der Waals surface area contributed by atoms with Crippen molar-refractivity contribution in [1.29, 1.82) is 0 Å². The van der Waals surface area contributed by atoms with Gasteiger partial charge in [-0.2, -0.15) is 0 Å². The molecule has 0 saturated carbocycles. The highest BCUT2D eigenvalue weighted by atomic mass is 16.5. The Kier molecular flexibility index (Phi) is 5.21. The maximum atomic E-state index is 13.2. The van der Waals surface area contributed by atoms with Gasteiger partial charge in [0.1, 0.15) is 11.1 Å². The Morgan fingerprint density at radius 3 is 1.96 bits per heavy atom. The van der Waals surface area contributed by atoms with Gasteiger partial charge in [0.05, 0.1) is 35.5 Å². The molecular formula is C20H20O8. The predicted molar refractivity (Wildman–Crippen MR) is 102 cm³/mol. The molecule has 0 aliphatic rings. The van der Waals surface area contributed by atoms with Crippen molar-refractivity contribution in [3.05, 3.63) is 34.5 Å². The second-order valence-electron chi connectivity index (χ2n) is 5.70. The van der Waals surface area contributed by atoms with Crippen molar-refractivity contribution >= 4 is 11.0 Å². The minimum atomic E-state index is -0.452. The summed E-state index contributed by atoms with van der Waals surface area (Å²) in [5.41, 5.74) is 0.0969. The molecule has 148 valence electrons. The zero-order valence-electron chi connectivity index (χ0n) is 16.1. The van der Waals surface area contributed by atoms with Gasteiger partial charge in [0.25, 0.3) is 0 Å². The SMILES string of the molecule is COc1ccc(-c2oc3c(OC)c(OC)cc(OC)c3c(=O)c2OC)cc1O. The van der Waals surface area contributed by atoms with Gasteiger partial charge in [0.2, 0.25) is 16.9 Å². The molecule has 2 aromatic carbocycles. The number of hydrogen-bond acceptors (Lipinski definition) is 8. The first kappa shape index (κ1) is 19.2. The molecule has 0 aliphatic carbocycles. The number of phenols is 1. The first-order valence-electron chi connectivity index (χ1n) is 8.21. The lowest BCUT2D eigenvalue weighted by atomic mass is 10.1. The second kappa shape index (κ2) is 7.59. The second-order valence-corrected chi connectivity index (χ2v) is 5.70. The third kappa shape index (κ3) is 2.92. The van der Waals surface area contributed by atoms with Gasteiger partial charge in [0, 0.05) is 11.6 Å². The van der Waals surface area contributed by atoms with Crippen molar-refractivity contribution in [3.8, 4) is 45.8 Å². The van der Waals surface area contributed by atoms with Crippen molar-refractivity contribution < 1.29 is 33.2 Å². The van der Waals surface area contributed by atoms with Crippen LogP contribution >= 0.6 is 0 Å². The molecule has 1 aromatic heterocycles. The van der Waals surface area contributed by atoms with Gasteiger partial charge in [-0.1, -0.05) is 0 Å². The molecule has 28 heavy (non-hydrogen) atoms. The maximum Gasteiger partial charge on any atom is 0.239 e. The van der Waals surface area contributed by atoms with Crippen LogP contribution in [0.5, 0.6) is 34.5 Å². The largest absolute Gasteiger partial charge is 0.504 e. The minimum Gasteiger partial charge on any atom is -0.504 e. The van der Waals surface area contributed by atoms with E-state index in [2.05, 4.69) is 0 Å². The average Bonchev–Trinajstić information content (AvgIpc) is 2.71. The fourth-order valence-electron chi connectivity index (χ4n) is 2.98. The van der Waals surface area contributed by atoms with E-state index in [1.54, 1.807) is 12.1 Å². The van der Waals surface area contributed by atoms with Crippen LogP contribution in [0.3, 0.4) is 0 Å². The lowest BCUT2D eigenvalue weighted by Crippen LogP contribution is -2.10. The fourth-order valence-corrected chi connectivity index (χ4v) is 2.98. The van der Waals surface area contributed by atoms with Crippen LogP contribution in [0, 0.1) is 0 Å². The Balaban J connectivity index is 2.44. The van der Waals surface area contributed by atoms with Crippen molar-refractivity contribution in [1.82, 2.24) is 0 Å². The summed E-state index contributed by atoms with van der Waals surface area (Å²) in [6.45, 7) is 0. The summed E-state index contributed by atoms with van der Waals surface area (Å²) in [6, 6.07) is 6.14. The molecule has 8 nitrogen and oxygen atoms in total. The zero-order valence-corrected chi connectivity index (χ0v) is 16.1. The highest BCUT2D eigenvalue weighted by molar-refractivity contribution is 5.93. The summed E-state index contributed by atoms with van der Waals surface area (Å²) < 4.78 is 32.5. The first-order chi connectivity index (χ1) is 13.5. The lowest BCUT2D eigenvalue weighted by molar-refractivity contribution is 0.346. The molecule has 0 spiro atoms. The Bertz CT molecular complexity index is 1080. The quantitative estimate of drug-likeness (QED) is 0.688. The van der Waals surface area contributed by atoms with E-state index in [1.807, 2.05) is 0 Å². The van der Waals surface area contributed by atoms with Crippen molar-refractivity contribution in [2.45, 2.75) is 0 Å². The van der Waals surface area contributed by atoms with Gasteiger partial charge < -0.3 is 33.2 Å². The van der Waals surface area contributed by atoms with Gasteiger partial charge in [-0.25, -0.2) is 0 Å². The number of fused-ring (bicyclic) bond motifs is 1. The van der Waals surface area contributed by atoms with Gasteiger partial charge in [0.15, 0.2) is 28.6 Å². The molecule has 8 heteroatoms. The van der Waals surface area contributed by atoms with Crippen molar-refractivity contribution in [3.63, 3.8) is 0 Å². The van der Waals surface area contributed by atoms with E-state index >= 15 is 0 Å². The fraction of sp³-hybridized carbons (Fsp3) is 0.250. The van der Waals surface area contributed by atoms with Gasteiger partial charge >= 0.3 is 0 Å². The smallest absolute Gasteiger partial charge is 0.239 e. The standard InChI is InChI=1S/C20H20O8/c1-23-12-7-6-10(8-11(12)21)17-20(27-5)16(22)15-13(24-2)9-14(25-3)18(26-4)19(15)28-17/h6-9,21H,1-5H3. The Morgan fingerprint density at radius 2 is 1.43 bits per heavy atom. The third-order valence-corrected chi connectivity index (χ3v) is 4.30. The molecule has 0 aliphatic heterocycles. The molecule has 1 N–H and O–H groups in total. The molecule has 0 amide bonds. The summed E-state index contributed by atoms with van der Waals surface area (Å²) in [7, 11) is 7.13. The highest BCUT2D eigenvalue weighted by Gasteiger charge is 2.25. The molecule has 3 aromatic rings. The number of benzene rings is 2. The Hall–Kier alpha value is -3.55. The van der Waals surface area contributed by atoms with Crippen LogP contribution in [0.2, 0.25) is 0 Å². The van der Waals surface area contributed by atoms with E-state index in [-0.39, 0.29) is 45.5 Å². The average molecular weight is 388 g/mol. The number of phenolic OH excluding ortho intramolecular Hbond substituents is 1. The monoisotopic (exact) mass is 388 g/mol. The van der Waals surface area contributed by atoms with Crippen molar-refractivity contribution in [2.75, 3.05) is 35.5 Å². The third-order valence-electron chi connectivity index (χ3n) is 4.30. The molecule has 0 unspecified atom stereocenters. The van der Waals surface area contributed by atoms with Gasteiger partial charge in [-0.05, 0) is 18.2 Å². The minimum absolute atomic E-state index is 0.0393. The van der Waals surface area contributed by atoms with Crippen LogP contribution in [0.4, 0.5) is 0 Å². The van der Waals surface area contributed by atoms with Crippen LogP contribution in [-0.4, -0.2) is 40.7 Å². The lowest BCUT2D eigenvalue weighted by Gasteiger charge is -2.15. The Morgan fingerprint density at radius 1 is 0.786 bits per heavy atom. The van der Waals surface area contributed by atoms with E-state index in [1.165, 1.54) is 47.7 Å². The zero-order chi connectivity index (χ0) is 20.4. The van der Waals surface area contributed by atoms with Crippen LogP contribution in [0.15, 0.2) is 33.5 Å². The highest BCUT2D eigenvalue weighted by Crippen LogP contribution is 2.44. The molecule has 0 bridgehead atoms. The topological polar surface area (TPSA) is 96.6 Å². The molecule has 3 rings (SSSR count). The van der Waals surface area contributed by atoms with E-state index < -0.39 is 5.43 Å². The molecule has 0 saturated heterocycles. The first-order valence-corrected chi connectivity index (χ1v) is 8.21. The van der Waals surface area contributed by atoms with Crippen molar-refractivity contribution in [2.24, 2.45) is 0 Å². The number of hydrogen-bond donors (Lipinski definition) is 1. The number of ether oxygens (including phenoxy) is 5. The van der Waals surface area contributed by atoms with Crippen LogP contribution in [0.1, 0.15) is 0 Å². The normalized spacial score (nSPS) is 10.6. The van der Waals surface area contributed by atoms with Crippen LogP contribution < -0.4 is 29.1 Å². The van der Waals surface area contributed by atoms with E-state index in [0.717, 1.165) is 0 Å². The number of rotatable bonds is 6. The molecule has 0 radical (unpaired) electrons. The van der Waals surface area contributed by atoms with E-state index in [0.29, 0.717) is 11.3 Å². The summed E-state index contributed by atoms with van der Waals surface area (Å²) in [4.78, 5) is 13.2. The summed E-state index contributed by atoms with van der Waals surface area (Å²) in [5.74, 6) is 1.07. The van der Waals surface area contributed by atoms with E-state index in [4.69, 9.17) is 28.1 Å². The molecule has 0 fully saturated rings. The summed E-state index contributed by atoms with van der Waals surface area (Å²) in [6.07, 6.45) is 0. The van der Waals surface area contributed by atoms with Crippen LogP contribution in [0.25, 0.3) is 22.3 Å². The Labute approximate surface area is 160 Å². The summed E-state index contributed by atoms with van der Waals surface area (Å²) in [5, 5.41) is 10.3. The molecule has 0 atom stereocenters. The molecular weight excluding hydrogens is 368 g/mol. The van der Waals surface area contributed by atoms with Gasteiger partial charge in [-0.3, -0.25) is 4.79 Å². The number of methoxy groups -OCH3 is 5. The maximum absolute atomic E-state index is 13.2. The number of aromatic hydroxyl groups is 1. The summed E-state index contributed by atoms with van der Waals surface area (Å²) >= 11 is 0.